The lowest BCUT2D eigenvalue weighted by molar-refractivity contribution is 0.485. The molecular formula is C16H15ClN2O2S. The zero-order valence-electron chi connectivity index (χ0n) is 12.0. The molecular weight excluding hydrogens is 320 g/mol. The Morgan fingerprint density at radius 2 is 2.05 bits per heavy atom. The lowest BCUT2D eigenvalue weighted by Gasteiger charge is -2.23. The van der Waals surface area contributed by atoms with Gasteiger partial charge in [0.15, 0.2) is 0 Å². The minimum atomic E-state index is -3.37. The van der Waals surface area contributed by atoms with Crippen molar-refractivity contribution in [2.75, 3.05) is 10.8 Å². The van der Waals surface area contributed by atoms with Gasteiger partial charge in [0.1, 0.15) is 6.07 Å². The molecule has 2 bridgehead atoms. The molecule has 4 rings (SSSR count). The van der Waals surface area contributed by atoms with Gasteiger partial charge >= 0.3 is 0 Å². The Hall–Kier alpha value is -1.51. The Morgan fingerprint density at radius 1 is 1.32 bits per heavy atom. The minimum Gasteiger partial charge on any atom is -0.269 e. The van der Waals surface area contributed by atoms with E-state index in [4.69, 9.17) is 16.9 Å². The maximum Gasteiger partial charge on any atom is 0.239 e. The number of hydrogen-bond donors (Lipinski definition) is 0. The summed E-state index contributed by atoms with van der Waals surface area (Å²) in [7, 11) is -3.37. The fraction of sp³-hybridized carbons (Fsp3) is 0.438. The molecule has 2 fully saturated rings. The van der Waals surface area contributed by atoms with Crippen molar-refractivity contribution in [3.05, 3.63) is 40.4 Å². The van der Waals surface area contributed by atoms with Crippen molar-refractivity contribution in [2.24, 2.45) is 17.8 Å². The number of sulfonamides is 1. The van der Waals surface area contributed by atoms with E-state index in [2.05, 4.69) is 12.2 Å². The van der Waals surface area contributed by atoms with Crippen molar-refractivity contribution in [3.63, 3.8) is 0 Å². The number of hydrogen-bond acceptors (Lipinski definition) is 3. The molecule has 1 aromatic carbocycles. The largest absolute Gasteiger partial charge is 0.269 e. The molecule has 0 spiro atoms. The van der Waals surface area contributed by atoms with Gasteiger partial charge in [0.25, 0.3) is 0 Å². The van der Waals surface area contributed by atoms with E-state index in [1.807, 2.05) is 6.07 Å². The van der Waals surface area contributed by atoms with E-state index in [1.165, 1.54) is 4.31 Å². The third kappa shape index (κ3) is 1.65. The van der Waals surface area contributed by atoms with Crippen molar-refractivity contribution in [1.29, 1.82) is 5.26 Å². The van der Waals surface area contributed by atoms with Gasteiger partial charge in [-0.3, -0.25) is 4.31 Å². The number of nitriles is 1. The van der Waals surface area contributed by atoms with E-state index in [9.17, 15) is 8.42 Å². The van der Waals surface area contributed by atoms with Crippen molar-refractivity contribution in [1.82, 2.24) is 0 Å². The number of rotatable bonds is 1. The lowest BCUT2D eigenvalue weighted by atomic mass is 9.93. The summed E-state index contributed by atoms with van der Waals surface area (Å²) >= 11 is 6.20. The van der Waals surface area contributed by atoms with Crippen LogP contribution in [0, 0.1) is 36.0 Å². The van der Waals surface area contributed by atoms with Crippen molar-refractivity contribution >= 4 is 27.3 Å². The molecule has 6 heteroatoms. The van der Waals surface area contributed by atoms with Crippen LogP contribution >= 0.6 is 11.6 Å². The summed E-state index contributed by atoms with van der Waals surface area (Å²) in [6.45, 7) is 2.29. The zero-order chi connectivity index (χ0) is 15.6. The summed E-state index contributed by atoms with van der Waals surface area (Å²) < 4.78 is 27.4. The average molecular weight is 335 g/mol. The molecule has 4 atom stereocenters. The second kappa shape index (κ2) is 4.50. The van der Waals surface area contributed by atoms with E-state index in [-0.39, 0.29) is 17.1 Å². The standard InChI is InChI=1S/C16H15ClN2O2S/c1-9-14(5-4-12(7-18)15(9)17)19-8-13-10-2-3-11(6-10)16(13)22(19,20)21/h2-5,10-11,13,16H,6,8H2,1H3/t10-,11+,13+,16-/m0/s1. The number of anilines is 1. The first-order valence-corrected chi connectivity index (χ1v) is 9.22. The normalized spacial score (nSPS) is 34.0. The predicted molar refractivity (Wildman–Crippen MR) is 85.2 cm³/mol. The quantitative estimate of drug-likeness (QED) is 0.742. The molecule has 114 valence electrons. The van der Waals surface area contributed by atoms with E-state index in [0.29, 0.717) is 34.3 Å². The van der Waals surface area contributed by atoms with Gasteiger partial charge in [-0.05, 0) is 42.9 Å². The summed E-state index contributed by atoms with van der Waals surface area (Å²) in [6, 6.07) is 5.33. The van der Waals surface area contributed by atoms with Gasteiger partial charge in [-0.2, -0.15) is 5.26 Å². The summed E-state index contributed by atoms with van der Waals surface area (Å²) in [6.07, 6.45) is 5.20. The first kappa shape index (κ1) is 14.1. The first-order chi connectivity index (χ1) is 10.4. The molecule has 0 amide bonds. The highest BCUT2D eigenvalue weighted by atomic mass is 35.5. The maximum atomic E-state index is 13.0. The van der Waals surface area contributed by atoms with Crippen molar-refractivity contribution in [2.45, 2.75) is 18.6 Å². The van der Waals surface area contributed by atoms with Crippen LogP contribution in [0.1, 0.15) is 17.5 Å². The number of halogens is 1. The minimum absolute atomic E-state index is 0.152. The van der Waals surface area contributed by atoms with Crippen LogP contribution in [0.4, 0.5) is 5.69 Å². The van der Waals surface area contributed by atoms with E-state index in [0.717, 1.165) is 6.42 Å². The van der Waals surface area contributed by atoms with Crippen molar-refractivity contribution in [3.8, 4) is 6.07 Å². The molecule has 4 nitrogen and oxygen atoms in total. The van der Waals surface area contributed by atoms with Crippen LogP contribution < -0.4 is 4.31 Å². The van der Waals surface area contributed by atoms with Gasteiger partial charge < -0.3 is 0 Å². The number of allylic oxidation sites excluding steroid dienone is 2. The van der Waals surface area contributed by atoms with Crippen LogP contribution in [-0.4, -0.2) is 20.2 Å². The Balaban J connectivity index is 1.80. The third-order valence-electron chi connectivity index (χ3n) is 5.32. The Labute approximate surface area is 135 Å². The molecule has 0 aromatic heterocycles. The lowest BCUT2D eigenvalue weighted by Crippen LogP contribution is -2.32. The van der Waals surface area contributed by atoms with Gasteiger partial charge in [0.05, 0.1) is 21.5 Å². The molecule has 0 N–H and O–H groups in total. The molecule has 2 aliphatic carbocycles. The summed E-state index contributed by atoms with van der Waals surface area (Å²) in [5, 5.41) is 9.08. The summed E-state index contributed by atoms with van der Waals surface area (Å²) in [5.74, 6) is 0.705. The fourth-order valence-corrected chi connectivity index (χ4v) is 6.99. The predicted octanol–water partition coefficient (Wildman–Crippen LogP) is 2.86. The molecule has 1 aromatic rings. The number of benzene rings is 1. The van der Waals surface area contributed by atoms with E-state index < -0.39 is 10.0 Å². The third-order valence-corrected chi connectivity index (χ3v) is 8.15. The van der Waals surface area contributed by atoms with Crippen LogP contribution in [-0.2, 0) is 10.0 Å². The molecule has 22 heavy (non-hydrogen) atoms. The van der Waals surface area contributed by atoms with Crippen LogP contribution in [0.2, 0.25) is 5.02 Å². The molecule has 1 heterocycles. The topological polar surface area (TPSA) is 61.2 Å². The Morgan fingerprint density at radius 3 is 2.73 bits per heavy atom. The van der Waals surface area contributed by atoms with Crippen LogP contribution in [0.5, 0.6) is 0 Å². The molecule has 0 unspecified atom stereocenters. The Kier molecular flexibility index (Phi) is 2.88. The van der Waals surface area contributed by atoms with E-state index in [1.54, 1.807) is 19.1 Å². The first-order valence-electron chi connectivity index (χ1n) is 7.34. The summed E-state index contributed by atoms with van der Waals surface area (Å²) in [4.78, 5) is 0. The highest BCUT2D eigenvalue weighted by Gasteiger charge is 2.58. The van der Waals surface area contributed by atoms with Gasteiger partial charge in [-0.15, -0.1) is 0 Å². The summed E-state index contributed by atoms with van der Waals surface area (Å²) in [5.41, 5.74) is 1.64. The van der Waals surface area contributed by atoms with Crippen LogP contribution in [0.25, 0.3) is 0 Å². The number of fused-ring (bicyclic) bond motifs is 5. The highest BCUT2D eigenvalue weighted by molar-refractivity contribution is 7.93. The zero-order valence-corrected chi connectivity index (χ0v) is 13.6. The van der Waals surface area contributed by atoms with Crippen LogP contribution in [0.15, 0.2) is 24.3 Å². The highest BCUT2D eigenvalue weighted by Crippen LogP contribution is 2.53. The fourth-order valence-electron chi connectivity index (χ4n) is 4.27. The molecule has 1 saturated heterocycles. The second-order valence-corrected chi connectivity index (χ2v) is 8.73. The van der Waals surface area contributed by atoms with Crippen molar-refractivity contribution < 1.29 is 8.42 Å². The smallest absolute Gasteiger partial charge is 0.239 e. The number of nitrogens with zero attached hydrogens (tertiary/aromatic N) is 2. The molecule has 1 saturated carbocycles. The van der Waals surface area contributed by atoms with Gasteiger partial charge in [0.2, 0.25) is 10.0 Å². The Bertz CT molecular complexity index is 840. The second-order valence-electron chi connectivity index (χ2n) is 6.34. The van der Waals surface area contributed by atoms with Gasteiger partial charge in [-0.25, -0.2) is 8.42 Å². The molecule has 1 aliphatic heterocycles. The molecule has 0 radical (unpaired) electrons. The molecule has 3 aliphatic rings. The van der Waals surface area contributed by atoms with Crippen LogP contribution in [0.3, 0.4) is 0 Å². The maximum absolute atomic E-state index is 13.0. The van der Waals surface area contributed by atoms with Gasteiger partial charge in [0, 0.05) is 12.5 Å². The van der Waals surface area contributed by atoms with E-state index >= 15 is 0 Å². The SMILES string of the molecule is Cc1c(N2C[C@H]3[C@H]([C@@H]4C=C[C@H]3C4)S2(=O)=O)ccc(C#N)c1Cl. The van der Waals surface area contributed by atoms with Gasteiger partial charge in [-0.1, -0.05) is 23.8 Å². The monoisotopic (exact) mass is 334 g/mol. The average Bonchev–Trinajstić information content (AvgIpc) is 3.14.